The molecule has 33 heavy (non-hydrogen) atoms. The van der Waals surface area contributed by atoms with Gasteiger partial charge in [0.1, 0.15) is 11.5 Å². The molecule has 0 unspecified atom stereocenters. The topological polar surface area (TPSA) is 65.0 Å². The molecule has 0 amide bonds. The summed E-state index contributed by atoms with van der Waals surface area (Å²) in [6, 6.07) is 21.2. The second kappa shape index (κ2) is 12.8. The largest absolute Gasteiger partial charge is 0.493 e. The third-order valence-electron chi connectivity index (χ3n) is 4.93. The number of carboxylic acids is 1. The fraction of sp³-hybridized carbons (Fsp3) is 0.296. The molecule has 0 radical (unpaired) electrons. The molecule has 3 rings (SSSR count). The van der Waals surface area contributed by atoms with Crippen LogP contribution in [0.1, 0.15) is 30.9 Å². The molecular formula is C27H30O5S. The van der Waals surface area contributed by atoms with Crippen LogP contribution in [0.5, 0.6) is 23.0 Å². The zero-order valence-electron chi connectivity index (χ0n) is 19.1. The van der Waals surface area contributed by atoms with Crippen LogP contribution in [0.15, 0.2) is 71.6 Å². The van der Waals surface area contributed by atoms with Crippen LogP contribution in [0, 0.1) is 0 Å². The molecule has 0 saturated heterocycles. The molecule has 0 aromatic heterocycles. The van der Waals surface area contributed by atoms with E-state index in [-0.39, 0.29) is 6.42 Å². The lowest BCUT2D eigenvalue weighted by Crippen LogP contribution is -2.04. The molecule has 3 aromatic carbocycles. The number of carbonyl (C=O) groups is 1. The number of hydrogen-bond donors (Lipinski definition) is 1. The third-order valence-corrected chi connectivity index (χ3v) is 6.01. The standard InChI is InChI=1S/C27H30O5S/c1-3-9-23-24(14-15-25(27(23)30-2)32-21-11-5-4-6-12-21)31-16-8-17-33-22-13-7-10-20(18-22)19-26(28)29/h4-7,10-15,18H,3,8-9,16-17,19H2,1-2H3,(H,28,29). The number of benzene rings is 3. The first-order valence-electron chi connectivity index (χ1n) is 11.1. The van der Waals surface area contributed by atoms with Gasteiger partial charge >= 0.3 is 5.97 Å². The second-order valence-corrected chi connectivity index (χ2v) is 8.68. The number of rotatable bonds is 13. The number of ether oxygens (including phenoxy) is 3. The fourth-order valence-electron chi connectivity index (χ4n) is 3.48. The molecule has 5 nitrogen and oxygen atoms in total. The first kappa shape index (κ1) is 24.5. The summed E-state index contributed by atoms with van der Waals surface area (Å²) in [5.74, 6) is 3.04. The highest BCUT2D eigenvalue weighted by Crippen LogP contribution is 2.40. The second-order valence-electron chi connectivity index (χ2n) is 7.51. The van der Waals surface area contributed by atoms with Crippen molar-refractivity contribution >= 4 is 17.7 Å². The maximum absolute atomic E-state index is 10.9. The number of methoxy groups -OCH3 is 1. The summed E-state index contributed by atoms with van der Waals surface area (Å²) in [6.07, 6.45) is 2.70. The number of hydrogen-bond acceptors (Lipinski definition) is 5. The van der Waals surface area contributed by atoms with Gasteiger partial charge in [-0.15, -0.1) is 11.8 Å². The molecule has 6 heteroatoms. The summed E-state index contributed by atoms with van der Waals surface area (Å²) in [4.78, 5) is 12.0. The first-order valence-corrected chi connectivity index (χ1v) is 12.1. The van der Waals surface area contributed by atoms with E-state index in [1.54, 1.807) is 18.9 Å². The van der Waals surface area contributed by atoms with E-state index in [1.165, 1.54) is 0 Å². The Morgan fingerprint density at radius 3 is 2.52 bits per heavy atom. The Morgan fingerprint density at radius 1 is 1.00 bits per heavy atom. The van der Waals surface area contributed by atoms with Crippen molar-refractivity contribution in [1.29, 1.82) is 0 Å². The first-order chi connectivity index (χ1) is 16.1. The van der Waals surface area contributed by atoms with Crippen LogP contribution < -0.4 is 14.2 Å². The van der Waals surface area contributed by atoms with Gasteiger partial charge in [0.05, 0.1) is 20.1 Å². The van der Waals surface area contributed by atoms with E-state index in [2.05, 4.69) is 6.92 Å². The number of carboxylic acid groups (broad SMARTS) is 1. The Bertz CT molecular complexity index is 1040. The molecule has 0 heterocycles. The summed E-state index contributed by atoms with van der Waals surface area (Å²) in [5, 5.41) is 8.96. The highest BCUT2D eigenvalue weighted by Gasteiger charge is 2.16. The van der Waals surface area contributed by atoms with Gasteiger partial charge in [-0.3, -0.25) is 4.79 Å². The minimum Gasteiger partial charge on any atom is -0.493 e. The van der Waals surface area contributed by atoms with Crippen molar-refractivity contribution in [2.45, 2.75) is 37.5 Å². The van der Waals surface area contributed by atoms with Crippen LogP contribution in [-0.4, -0.2) is 30.5 Å². The van der Waals surface area contributed by atoms with Gasteiger partial charge in [-0.25, -0.2) is 0 Å². The van der Waals surface area contributed by atoms with E-state index < -0.39 is 5.97 Å². The van der Waals surface area contributed by atoms with Crippen molar-refractivity contribution < 1.29 is 24.1 Å². The highest BCUT2D eigenvalue weighted by atomic mass is 32.2. The lowest BCUT2D eigenvalue weighted by molar-refractivity contribution is -0.136. The Morgan fingerprint density at radius 2 is 1.79 bits per heavy atom. The van der Waals surface area contributed by atoms with Gasteiger partial charge in [0.15, 0.2) is 11.5 Å². The highest BCUT2D eigenvalue weighted by molar-refractivity contribution is 7.99. The van der Waals surface area contributed by atoms with Crippen LogP contribution in [0.3, 0.4) is 0 Å². The summed E-state index contributed by atoms with van der Waals surface area (Å²) in [7, 11) is 1.66. The molecule has 0 aliphatic heterocycles. The lowest BCUT2D eigenvalue weighted by Gasteiger charge is -2.18. The summed E-state index contributed by atoms with van der Waals surface area (Å²) in [5.41, 5.74) is 1.83. The molecule has 0 atom stereocenters. The summed E-state index contributed by atoms with van der Waals surface area (Å²) < 4.78 is 17.9. The van der Waals surface area contributed by atoms with Gasteiger partial charge in [0.25, 0.3) is 0 Å². The lowest BCUT2D eigenvalue weighted by atomic mass is 10.1. The SMILES string of the molecule is CCCc1c(OCCCSc2cccc(CC(=O)O)c2)ccc(Oc2ccccc2)c1OC. The van der Waals surface area contributed by atoms with E-state index in [1.807, 2.05) is 66.7 Å². The minimum absolute atomic E-state index is 0.0452. The van der Waals surface area contributed by atoms with Gasteiger partial charge in [-0.1, -0.05) is 43.7 Å². The van der Waals surface area contributed by atoms with E-state index in [4.69, 9.17) is 19.3 Å². The van der Waals surface area contributed by atoms with Crippen molar-refractivity contribution in [3.63, 3.8) is 0 Å². The van der Waals surface area contributed by atoms with Crippen molar-refractivity contribution in [2.75, 3.05) is 19.5 Å². The third kappa shape index (κ3) is 7.46. The van der Waals surface area contributed by atoms with Gasteiger partial charge in [0.2, 0.25) is 0 Å². The molecule has 0 spiro atoms. The molecule has 3 aromatic rings. The van der Waals surface area contributed by atoms with Gasteiger partial charge in [0, 0.05) is 16.2 Å². The molecule has 0 aliphatic rings. The van der Waals surface area contributed by atoms with Gasteiger partial charge in [-0.2, -0.15) is 0 Å². The van der Waals surface area contributed by atoms with Crippen LogP contribution in [0.4, 0.5) is 0 Å². The fourth-order valence-corrected chi connectivity index (χ4v) is 4.39. The predicted molar refractivity (Wildman–Crippen MR) is 132 cm³/mol. The molecule has 1 N–H and O–H groups in total. The van der Waals surface area contributed by atoms with E-state index in [0.717, 1.165) is 52.5 Å². The molecule has 0 aliphatic carbocycles. The van der Waals surface area contributed by atoms with Crippen molar-refractivity contribution in [3.8, 4) is 23.0 Å². The molecular weight excluding hydrogens is 436 g/mol. The molecule has 0 fully saturated rings. The van der Waals surface area contributed by atoms with Crippen LogP contribution >= 0.6 is 11.8 Å². The zero-order valence-corrected chi connectivity index (χ0v) is 19.9. The monoisotopic (exact) mass is 466 g/mol. The Balaban J connectivity index is 1.59. The van der Waals surface area contributed by atoms with Crippen LogP contribution in [0.2, 0.25) is 0 Å². The predicted octanol–water partition coefficient (Wildman–Crippen LogP) is 6.63. The summed E-state index contributed by atoms with van der Waals surface area (Å²) >= 11 is 1.70. The molecule has 0 saturated carbocycles. The number of aliphatic carboxylic acids is 1. The van der Waals surface area contributed by atoms with Gasteiger partial charge in [-0.05, 0) is 54.8 Å². The van der Waals surface area contributed by atoms with Crippen molar-refractivity contribution in [1.82, 2.24) is 0 Å². The van der Waals surface area contributed by atoms with Crippen LogP contribution in [0.25, 0.3) is 0 Å². The zero-order chi connectivity index (χ0) is 23.5. The smallest absolute Gasteiger partial charge is 0.307 e. The quantitative estimate of drug-likeness (QED) is 0.225. The van der Waals surface area contributed by atoms with Crippen LogP contribution in [-0.2, 0) is 17.6 Å². The normalized spacial score (nSPS) is 10.6. The molecule has 0 bridgehead atoms. The van der Waals surface area contributed by atoms with E-state index in [9.17, 15) is 4.79 Å². The van der Waals surface area contributed by atoms with Gasteiger partial charge < -0.3 is 19.3 Å². The Kier molecular flexibility index (Phi) is 9.51. The average molecular weight is 467 g/mol. The maximum Gasteiger partial charge on any atom is 0.307 e. The minimum atomic E-state index is -0.816. The van der Waals surface area contributed by atoms with E-state index in [0.29, 0.717) is 18.1 Å². The molecule has 174 valence electrons. The Labute approximate surface area is 199 Å². The van der Waals surface area contributed by atoms with Crippen molar-refractivity contribution in [2.24, 2.45) is 0 Å². The maximum atomic E-state index is 10.9. The van der Waals surface area contributed by atoms with E-state index >= 15 is 0 Å². The average Bonchev–Trinajstić information content (AvgIpc) is 2.81. The number of thioether (sulfide) groups is 1. The van der Waals surface area contributed by atoms with Crippen molar-refractivity contribution in [3.05, 3.63) is 77.9 Å². The number of para-hydroxylation sites is 1. The summed E-state index contributed by atoms with van der Waals surface area (Å²) in [6.45, 7) is 2.71. The Hall–Kier alpha value is -3.12.